The molecule has 0 aliphatic rings. The Morgan fingerprint density at radius 3 is 2.52 bits per heavy atom. The highest BCUT2D eigenvalue weighted by atomic mass is 32.2. The minimum atomic E-state index is -0.378. The second-order valence-corrected chi connectivity index (χ2v) is 6.35. The summed E-state index contributed by atoms with van der Waals surface area (Å²) in [6.45, 7) is 0. The van der Waals surface area contributed by atoms with E-state index in [4.69, 9.17) is 15.2 Å². The maximum atomic E-state index is 11.1. The Balaban J connectivity index is 2.27. The third-order valence-electron chi connectivity index (χ3n) is 3.73. The summed E-state index contributed by atoms with van der Waals surface area (Å²) < 4.78 is 10.9. The molecule has 6 heteroatoms. The van der Waals surface area contributed by atoms with Gasteiger partial charge in [-0.15, -0.1) is 0 Å². The van der Waals surface area contributed by atoms with E-state index in [1.807, 2.05) is 48.5 Å². The van der Waals surface area contributed by atoms with Crippen LogP contribution in [0.1, 0.15) is 0 Å². The maximum absolute atomic E-state index is 11.1. The van der Waals surface area contributed by atoms with Crippen LogP contribution < -0.4 is 15.2 Å². The SMILES string of the molecule is COc1cc(OC)c2c(-c3ccccc3)cc(SCC(N)=O)nc2c1. The summed E-state index contributed by atoms with van der Waals surface area (Å²) in [5.41, 5.74) is 8.03. The largest absolute Gasteiger partial charge is 0.497 e. The molecule has 1 heterocycles. The van der Waals surface area contributed by atoms with Gasteiger partial charge in [0.1, 0.15) is 11.5 Å². The molecule has 1 aromatic heterocycles. The van der Waals surface area contributed by atoms with Crippen molar-refractivity contribution >= 4 is 28.6 Å². The molecule has 0 spiro atoms. The minimum absolute atomic E-state index is 0.174. The predicted octanol–water partition coefficient (Wildman–Crippen LogP) is 3.50. The molecule has 0 atom stereocenters. The number of ether oxygens (including phenoxy) is 2. The second kappa shape index (κ2) is 7.44. The molecule has 1 amide bonds. The van der Waals surface area contributed by atoms with E-state index in [1.54, 1.807) is 14.2 Å². The fourth-order valence-electron chi connectivity index (χ4n) is 2.62. The number of methoxy groups -OCH3 is 2. The normalized spacial score (nSPS) is 10.6. The van der Waals surface area contributed by atoms with Crippen molar-refractivity contribution in [3.63, 3.8) is 0 Å². The van der Waals surface area contributed by atoms with Crippen molar-refractivity contribution in [2.24, 2.45) is 5.73 Å². The number of benzene rings is 2. The Labute approximate surface area is 150 Å². The molecular formula is C19H18N2O3S. The predicted molar refractivity (Wildman–Crippen MR) is 100 cm³/mol. The molecule has 128 valence electrons. The lowest BCUT2D eigenvalue weighted by Crippen LogP contribution is -2.13. The molecule has 0 saturated carbocycles. The van der Waals surface area contributed by atoms with Gasteiger partial charge in [0.2, 0.25) is 5.91 Å². The van der Waals surface area contributed by atoms with Crippen molar-refractivity contribution in [1.29, 1.82) is 0 Å². The second-order valence-electron chi connectivity index (χ2n) is 5.35. The molecule has 3 rings (SSSR count). The van der Waals surface area contributed by atoms with Gasteiger partial charge in [-0.25, -0.2) is 4.98 Å². The fraction of sp³-hybridized carbons (Fsp3) is 0.158. The summed E-state index contributed by atoms with van der Waals surface area (Å²) in [6.07, 6.45) is 0. The summed E-state index contributed by atoms with van der Waals surface area (Å²) >= 11 is 1.31. The van der Waals surface area contributed by atoms with Crippen molar-refractivity contribution in [2.75, 3.05) is 20.0 Å². The van der Waals surface area contributed by atoms with Crippen molar-refractivity contribution in [3.05, 3.63) is 48.5 Å². The van der Waals surface area contributed by atoms with Crippen LogP contribution in [0, 0.1) is 0 Å². The molecule has 5 nitrogen and oxygen atoms in total. The smallest absolute Gasteiger partial charge is 0.227 e. The van der Waals surface area contributed by atoms with Crippen LogP contribution >= 0.6 is 11.8 Å². The summed E-state index contributed by atoms with van der Waals surface area (Å²) in [7, 11) is 3.23. The molecular weight excluding hydrogens is 336 g/mol. The van der Waals surface area contributed by atoms with Gasteiger partial charge in [0, 0.05) is 12.1 Å². The zero-order valence-corrected chi connectivity index (χ0v) is 14.8. The van der Waals surface area contributed by atoms with Crippen LogP contribution in [-0.2, 0) is 4.79 Å². The van der Waals surface area contributed by atoms with Gasteiger partial charge in [-0.3, -0.25) is 4.79 Å². The van der Waals surface area contributed by atoms with E-state index in [0.717, 1.165) is 27.1 Å². The number of pyridine rings is 1. The van der Waals surface area contributed by atoms with Crippen LogP contribution in [0.15, 0.2) is 53.6 Å². The zero-order chi connectivity index (χ0) is 17.8. The van der Waals surface area contributed by atoms with E-state index in [-0.39, 0.29) is 11.7 Å². The number of nitrogens with zero attached hydrogens (tertiary/aromatic N) is 1. The summed E-state index contributed by atoms with van der Waals surface area (Å²) in [5, 5.41) is 1.62. The summed E-state index contributed by atoms with van der Waals surface area (Å²) in [4.78, 5) is 15.8. The number of rotatable bonds is 6. The van der Waals surface area contributed by atoms with Gasteiger partial charge in [0.25, 0.3) is 0 Å². The monoisotopic (exact) mass is 354 g/mol. The van der Waals surface area contributed by atoms with Crippen molar-refractivity contribution in [2.45, 2.75) is 5.03 Å². The molecule has 0 unspecified atom stereocenters. The van der Waals surface area contributed by atoms with Crippen LogP contribution in [0.5, 0.6) is 11.5 Å². The first kappa shape index (κ1) is 17.1. The maximum Gasteiger partial charge on any atom is 0.227 e. The highest BCUT2D eigenvalue weighted by Gasteiger charge is 2.15. The lowest BCUT2D eigenvalue weighted by molar-refractivity contribution is -0.115. The Morgan fingerprint density at radius 2 is 1.88 bits per heavy atom. The van der Waals surface area contributed by atoms with Gasteiger partial charge < -0.3 is 15.2 Å². The summed E-state index contributed by atoms with van der Waals surface area (Å²) in [6, 6.07) is 15.6. The number of aromatic nitrogens is 1. The molecule has 0 fully saturated rings. The molecule has 0 radical (unpaired) electrons. The summed E-state index contributed by atoms with van der Waals surface area (Å²) in [5.74, 6) is 1.14. The third kappa shape index (κ3) is 3.69. The van der Waals surface area contributed by atoms with Crippen LogP contribution in [-0.4, -0.2) is 30.9 Å². The first-order chi connectivity index (χ1) is 12.1. The molecule has 0 bridgehead atoms. The molecule has 25 heavy (non-hydrogen) atoms. The number of amides is 1. The van der Waals surface area contributed by atoms with Gasteiger partial charge in [0.15, 0.2) is 0 Å². The van der Waals surface area contributed by atoms with Gasteiger partial charge >= 0.3 is 0 Å². The van der Waals surface area contributed by atoms with Gasteiger partial charge in [-0.2, -0.15) is 0 Å². The number of primary amides is 1. The number of hydrogen-bond acceptors (Lipinski definition) is 5. The highest BCUT2D eigenvalue weighted by molar-refractivity contribution is 7.99. The lowest BCUT2D eigenvalue weighted by atomic mass is 10.0. The van der Waals surface area contributed by atoms with E-state index < -0.39 is 0 Å². The Bertz CT molecular complexity index is 913. The van der Waals surface area contributed by atoms with Crippen LogP contribution in [0.3, 0.4) is 0 Å². The lowest BCUT2D eigenvalue weighted by Gasteiger charge is -2.14. The standard InChI is InChI=1S/C19H18N2O3S/c1-23-13-8-15-19(16(9-13)24-2)14(12-6-4-3-5-7-12)10-18(21-15)25-11-17(20)22/h3-10H,11H2,1-2H3,(H2,20,22). The van der Waals surface area contributed by atoms with E-state index in [2.05, 4.69) is 4.98 Å². The Hall–Kier alpha value is -2.73. The fourth-order valence-corrected chi connectivity index (χ4v) is 3.28. The first-order valence-corrected chi connectivity index (χ1v) is 8.64. The zero-order valence-electron chi connectivity index (χ0n) is 14.0. The van der Waals surface area contributed by atoms with E-state index in [9.17, 15) is 4.79 Å². The molecule has 2 aromatic carbocycles. The first-order valence-electron chi connectivity index (χ1n) is 7.65. The molecule has 2 N–H and O–H groups in total. The Morgan fingerprint density at radius 1 is 1.12 bits per heavy atom. The number of hydrogen-bond donors (Lipinski definition) is 1. The van der Waals surface area contributed by atoms with Crippen LogP contribution in [0.25, 0.3) is 22.0 Å². The van der Waals surface area contributed by atoms with Gasteiger partial charge in [-0.05, 0) is 17.2 Å². The van der Waals surface area contributed by atoms with E-state index in [0.29, 0.717) is 11.5 Å². The number of nitrogens with two attached hydrogens (primary N) is 1. The highest BCUT2D eigenvalue weighted by Crippen LogP contribution is 2.39. The third-order valence-corrected chi connectivity index (χ3v) is 4.66. The number of thioether (sulfide) groups is 1. The quantitative estimate of drug-likeness (QED) is 0.686. The van der Waals surface area contributed by atoms with Gasteiger partial charge in [-0.1, -0.05) is 42.1 Å². The molecule has 0 aliphatic carbocycles. The average Bonchev–Trinajstić information content (AvgIpc) is 2.65. The van der Waals surface area contributed by atoms with Crippen molar-refractivity contribution in [1.82, 2.24) is 4.98 Å². The Kier molecular flexibility index (Phi) is 5.09. The van der Waals surface area contributed by atoms with Crippen LogP contribution in [0.4, 0.5) is 0 Å². The van der Waals surface area contributed by atoms with Gasteiger partial charge in [0.05, 0.1) is 35.9 Å². The van der Waals surface area contributed by atoms with Crippen molar-refractivity contribution < 1.29 is 14.3 Å². The van der Waals surface area contributed by atoms with Crippen molar-refractivity contribution in [3.8, 4) is 22.6 Å². The number of fused-ring (bicyclic) bond motifs is 1. The minimum Gasteiger partial charge on any atom is -0.497 e. The topological polar surface area (TPSA) is 74.4 Å². The molecule has 3 aromatic rings. The van der Waals surface area contributed by atoms with E-state index in [1.165, 1.54) is 11.8 Å². The van der Waals surface area contributed by atoms with Crippen LogP contribution in [0.2, 0.25) is 0 Å². The number of carbonyl (C=O) groups is 1. The number of carbonyl (C=O) groups excluding carboxylic acids is 1. The average molecular weight is 354 g/mol. The molecule has 0 aliphatic heterocycles. The molecule has 0 saturated heterocycles. The van der Waals surface area contributed by atoms with E-state index >= 15 is 0 Å².